The van der Waals surface area contributed by atoms with Gasteiger partial charge in [-0.2, -0.15) is 14.0 Å². The quantitative estimate of drug-likeness (QED) is 0.868. The van der Waals surface area contributed by atoms with E-state index in [4.69, 9.17) is 5.26 Å². The van der Waals surface area contributed by atoms with E-state index < -0.39 is 30.5 Å². The molecule has 0 bridgehead atoms. The minimum absolute atomic E-state index is 0.00701. The Morgan fingerprint density at radius 2 is 1.38 bits per heavy atom. The molecule has 0 spiro atoms. The monoisotopic (exact) mass is 372 g/mol. The highest BCUT2D eigenvalue weighted by Gasteiger charge is 2.26. The summed E-state index contributed by atoms with van der Waals surface area (Å²) >= 11 is 0. The van der Waals surface area contributed by atoms with Gasteiger partial charge in [-0.1, -0.05) is 0 Å². The number of alkyl halides is 2. The molecule has 6 nitrogen and oxygen atoms in total. The summed E-state index contributed by atoms with van der Waals surface area (Å²) in [4.78, 5) is -0.718. The lowest BCUT2D eigenvalue weighted by Gasteiger charge is -2.09. The number of sulfone groups is 1. The second kappa shape index (κ2) is 6.54. The largest absolute Gasteiger partial charge is 0.341 e. The predicted octanol–water partition coefficient (Wildman–Crippen LogP) is 2.36. The van der Waals surface area contributed by atoms with Crippen LogP contribution in [-0.2, 0) is 19.9 Å². The lowest BCUT2D eigenvalue weighted by molar-refractivity contribution is 0.234. The zero-order valence-corrected chi connectivity index (χ0v) is 13.5. The van der Waals surface area contributed by atoms with Crippen molar-refractivity contribution in [2.75, 3.05) is 4.72 Å². The van der Waals surface area contributed by atoms with Crippen LogP contribution in [0.5, 0.6) is 0 Å². The molecule has 1 N–H and O–H groups in total. The van der Waals surface area contributed by atoms with Crippen molar-refractivity contribution >= 4 is 25.5 Å². The predicted molar refractivity (Wildman–Crippen MR) is 81.6 cm³/mol. The summed E-state index contributed by atoms with van der Waals surface area (Å²) in [5.41, 5.74) is 0.295. The van der Waals surface area contributed by atoms with Crippen LogP contribution in [0.15, 0.2) is 58.3 Å². The molecule has 2 aromatic carbocycles. The number of hydrogen-bond acceptors (Lipinski definition) is 5. The van der Waals surface area contributed by atoms with Crippen molar-refractivity contribution in [3.63, 3.8) is 0 Å². The van der Waals surface area contributed by atoms with Crippen molar-refractivity contribution in [2.45, 2.75) is 15.5 Å². The number of hydrogen-bond donors (Lipinski definition) is 1. The van der Waals surface area contributed by atoms with Gasteiger partial charge in [-0.05, 0) is 48.5 Å². The highest BCUT2D eigenvalue weighted by atomic mass is 32.2. The van der Waals surface area contributed by atoms with Crippen LogP contribution in [0.2, 0.25) is 0 Å². The molecular weight excluding hydrogens is 362 g/mol. The summed E-state index contributed by atoms with van der Waals surface area (Å²) in [7, 11) is -8.70. The normalized spacial score (nSPS) is 11.9. The molecule has 0 aliphatic heterocycles. The Balaban J connectivity index is 2.26. The van der Waals surface area contributed by atoms with Gasteiger partial charge in [0.15, 0.2) is 0 Å². The number of anilines is 1. The van der Waals surface area contributed by atoms with Gasteiger partial charge in [0.1, 0.15) is 0 Å². The van der Waals surface area contributed by atoms with E-state index in [0.717, 1.165) is 24.3 Å². The van der Waals surface area contributed by atoms with Gasteiger partial charge in [-0.3, -0.25) is 4.72 Å². The second-order valence-corrected chi connectivity index (χ2v) is 8.17. The average molecular weight is 372 g/mol. The molecular formula is C14H10F2N2O4S2. The molecule has 0 atom stereocenters. The van der Waals surface area contributed by atoms with Crippen LogP contribution in [0.1, 0.15) is 5.56 Å². The first-order valence-corrected chi connectivity index (χ1v) is 9.35. The Labute approximate surface area is 137 Å². The zero-order valence-electron chi connectivity index (χ0n) is 11.8. The first-order chi connectivity index (χ1) is 11.2. The van der Waals surface area contributed by atoms with E-state index in [0.29, 0.717) is 0 Å². The minimum Gasteiger partial charge on any atom is -0.280 e. The summed E-state index contributed by atoms with van der Waals surface area (Å²) in [5, 5.41) is 8.68. The van der Waals surface area contributed by atoms with Crippen LogP contribution in [0, 0.1) is 11.3 Å². The van der Waals surface area contributed by atoms with Crippen LogP contribution < -0.4 is 4.72 Å². The Morgan fingerprint density at radius 1 is 0.875 bits per heavy atom. The fourth-order valence-electron chi connectivity index (χ4n) is 1.74. The fraction of sp³-hybridized carbons (Fsp3) is 0.0714. The number of halogens is 2. The molecule has 0 unspecified atom stereocenters. The van der Waals surface area contributed by atoms with Gasteiger partial charge < -0.3 is 0 Å². The summed E-state index contributed by atoms with van der Waals surface area (Å²) < 4.78 is 74.0. The molecule has 2 aromatic rings. The van der Waals surface area contributed by atoms with E-state index in [-0.39, 0.29) is 16.1 Å². The van der Waals surface area contributed by atoms with E-state index in [1.807, 2.05) is 6.07 Å². The minimum atomic E-state index is -4.74. The van der Waals surface area contributed by atoms with Crippen molar-refractivity contribution in [3.05, 3.63) is 54.1 Å². The zero-order chi connectivity index (χ0) is 18.0. The average Bonchev–Trinajstić information content (AvgIpc) is 2.55. The molecule has 0 amide bonds. The molecule has 0 heterocycles. The molecule has 0 aliphatic rings. The maximum Gasteiger partial charge on any atom is 0.341 e. The first kappa shape index (κ1) is 17.8. The maximum atomic E-state index is 12.4. The van der Waals surface area contributed by atoms with Gasteiger partial charge >= 0.3 is 5.76 Å². The van der Waals surface area contributed by atoms with Crippen LogP contribution >= 0.6 is 0 Å². The lowest BCUT2D eigenvalue weighted by atomic mass is 10.2. The molecule has 0 aliphatic carbocycles. The third kappa shape index (κ3) is 3.69. The maximum absolute atomic E-state index is 12.4. The molecule has 10 heteroatoms. The molecule has 24 heavy (non-hydrogen) atoms. The van der Waals surface area contributed by atoms with E-state index in [1.54, 1.807) is 0 Å². The standard InChI is InChI=1S/C14H10F2N2O4S2/c15-14(16)23(19,20)12-7-3-11(4-8-12)18-24(21,22)13-5-1-10(9-17)2-6-13/h1-8,14,18H. The van der Waals surface area contributed by atoms with Gasteiger partial charge in [-0.25, -0.2) is 16.8 Å². The highest BCUT2D eigenvalue weighted by Crippen LogP contribution is 2.22. The summed E-state index contributed by atoms with van der Waals surface area (Å²) in [5.74, 6) is -3.56. The molecule has 0 aromatic heterocycles. The lowest BCUT2D eigenvalue weighted by Crippen LogP contribution is -2.14. The molecule has 0 saturated heterocycles. The topological polar surface area (TPSA) is 104 Å². The van der Waals surface area contributed by atoms with Gasteiger partial charge in [0.2, 0.25) is 9.84 Å². The number of nitrogens with zero attached hydrogens (tertiary/aromatic N) is 1. The molecule has 126 valence electrons. The first-order valence-electron chi connectivity index (χ1n) is 6.32. The second-order valence-electron chi connectivity index (χ2n) is 4.57. The van der Waals surface area contributed by atoms with E-state index >= 15 is 0 Å². The third-order valence-corrected chi connectivity index (χ3v) is 5.76. The number of nitrogens with one attached hydrogen (secondary N) is 1. The van der Waals surface area contributed by atoms with Crippen LogP contribution in [0.25, 0.3) is 0 Å². The molecule has 0 radical (unpaired) electrons. The molecule has 0 saturated carbocycles. The third-order valence-electron chi connectivity index (χ3n) is 2.96. The van der Waals surface area contributed by atoms with Gasteiger partial charge in [-0.15, -0.1) is 0 Å². The van der Waals surface area contributed by atoms with Gasteiger partial charge in [0.25, 0.3) is 10.0 Å². The van der Waals surface area contributed by atoms with E-state index in [9.17, 15) is 25.6 Å². The fourth-order valence-corrected chi connectivity index (χ4v) is 3.52. The van der Waals surface area contributed by atoms with Crippen molar-refractivity contribution in [1.82, 2.24) is 0 Å². The van der Waals surface area contributed by atoms with Gasteiger partial charge in [0, 0.05) is 5.69 Å². The van der Waals surface area contributed by atoms with Crippen LogP contribution in [0.4, 0.5) is 14.5 Å². The Kier molecular flexibility index (Phi) is 4.86. The number of sulfonamides is 1. The summed E-state index contributed by atoms with van der Waals surface area (Å²) in [6, 6.07) is 10.9. The number of nitriles is 1. The van der Waals surface area contributed by atoms with Crippen molar-refractivity contribution < 1.29 is 25.6 Å². The number of benzene rings is 2. The Hall–Kier alpha value is -2.51. The van der Waals surface area contributed by atoms with E-state index in [1.165, 1.54) is 24.3 Å². The van der Waals surface area contributed by atoms with Crippen LogP contribution in [-0.4, -0.2) is 22.6 Å². The Bertz CT molecular complexity index is 979. The van der Waals surface area contributed by atoms with Crippen molar-refractivity contribution in [1.29, 1.82) is 5.26 Å². The SMILES string of the molecule is N#Cc1ccc(S(=O)(=O)Nc2ccc(S(=O)(=O)C(F)F)cc2)cc1. The highest BCUT2D eigenvalue weighted by molar-refractivity contribution is 7.92. The molecule has 0 fully saturated rings. The van der Waals surface area contributed by atoms with Crippen LogP contribution in [0.3, 0.4) is 0 Å². The number of rotatable bonds is 5. The molecule has 2 rings (SSSR count). The Morgan fingerprint density at radius 3 is 1.83 bits per heavy atom. The smallest absolute Gasteiger partial charge is 0.280 e. The van der Waals surface area contributed by atoms with Crippen molar-refractivity contribution in [2.24, 2.45) is 0 Å². The van der Waals surface area contributed by atoms with Crippen molar-refractivity contribution in [3.8, 4) is 6.07 Å². The summed E-state index contributed by atoms with van der Waals surface area (Å²) in [6.07, 6.45) is 0. The van der Waals surface area contributed by atoms with E-state index in [2.05, 4.69) is 4.72 Å². The van der Waals surface area contributed by atoms with Gasteiger partial charge in [0.05, 0.1) is 21.4 Å². The summed E-state index contributed by atoms with van der Waals surface area (Å²) in [6.45, 7) is 0.